The molecule has 0 spiro atoms. The van der Waals surface area contributed by atoms with E-state index in [0.717, 1.165) is 30.1 Å². The third-order valence-corrected chi connectivity index (χ3v) is 4.79. The summed E-state index contributed by atoms with van der Waals surface area (Å²) in [6.07, 6.45) is 0. The molecular weight excluding hydrogens is 348 g/mol. The summed E-state index contributed by atoms with van der Waals surface area (Å²) >= 11 is 1.61. The maximum absolute atomic E-state index is 12.6. The molecule has 0 saturated carbocycles. The molecule has 1 atom stereocenters. The normalized spacial score (nSPS) is 17.4. The molecule has 0 aliphatic carbocycles. The summed E-state index contributed by atoms with van der Waals surface area (Å²) in [6, 6.07) is 7.94. The Hall–Kier alpha value is -1.57. The van der Waals surface area contributed by atoms with Gasteiger partial charge in [-0.25, -0.2) is 0 Å². The zero-order valence-electron chi connectivity index (χ0n) is 13.7. The third kappa shape index (κ3) is 4.49. The molecule has 1 saturated heterocycles. The zero-order valence-corrected chi connectivity index (χ0v) is 15.3. The van der Waals surface area contributed by atoms with Crippen LogP contribution in [0.5, 0.6) is 0 Å². The Morgan fingerprint density at radius 2 is 2.17 bits per heavy atom. The fourth-order valence-electron chi connectivity index (χ4n) is 2.55. The van der Waals surface area contributed by atoms with Crippen LogP contribution in [0.15, 0.2) is 33.7 Å². The molecule has 1 fully saturated rings. The molecule has 1 N–H and O–H groups in total. The molecule has 0 bridgehead atoms. The molecule has 3 rings (SSSR count). The maximum atomic E-state index is 12.6. The van der Waals surface area contributed by atoms with E-state index in [4.69, 9.17) is 4.52 Å². The van der Waals surface area contributed by atoms with Crippen LogP contribution in [0.2, 0.25) is 0 Å². The highest BCUT2D eigenvalue weighted by Gasteiger charge is 2.23. The highest BCUT2D eigenvalue weighted by Crippen LogP contribution is 2.23. The molecule has 1 aliphatic rings. The number of halogens is 1. The molecular formula is C16H21ClN4O2S. The number of nitrogens with one attached hydrogen (secondary N) is 1. The van der Waals surface area contributed by atoms with Crippen LogP contribution < -0.4 is 5.32 Å². The van der Waals surface area contributed by atoms with Crippen LogP contribution in [-0.2, 0) is 5.75 Å². The first-order valence-corrected chi connectivity index (χ1v) is 8.66. The van der Waals surface area contributed by atoms with Crippen LogP contribution in [0.4, 0.5) is 0 Å². The summed E-state index contributed by atoms with van der Waals surface area (Å²) < 4.78 is 5.09. The van der Waals surface area contributed by atoms with Crippen LogP contribution in [0.3, 0.4) is 0 Å². The maximum Gasteiger partial charge on any atom is 0.254 e. The van der Waals surface area contributed by atoms with E-state index < -0.39 is 0 Å². The van der Waals surface area contributed by atoms with E-state index in [0.29, 0.717) is 17.5 Å². The van der Waals surface area contributed by atoms with Crippen LogP contribution in [-0.4, -0.2) is 46.6 Å². The van der Waals surface area contributed by atoms with E-state index in [9.17, 15) is 4.79 Å². The van der Waals surface area contributed by atoms with Gasteiger partial charge < -0.3 is 14.7 Å². The second-order valence-electron chi connectivity index (χ2n) is 5.60. The predicted octanol–water partition coefficient (Wildman–Crippen LogP) is 2.53. The molecule has 1 amide bonds. The molecule has 8 heteroatoms. The molecule has 1 aromatic heterocycles. The van der Waals surface area contributed by atoms with Gasteiger partial charge in [0.25, 0.3) is 5.91 Å². The molecule has 6 nitrogen and oxygen atoms in total. The summed E-state index contributed by atoms with van der Waals surface area (Å²) in [5, 5.41) is 7.07. The topological polar surface area (TPSA) is 71.3 Å². The van der Waals surface area contributed by atoms with Crippen molar-refractivity contribution in [1.82, 2.24) is 20.4 Å². The van der Waals surface area contributed by atoms with Crippen molar-refractivity contribution in [3.63, 3.8) is 0 Å². The van der Waals surface area contributed by atoms with Crippen molar-refractivity contribution in [2.24, 2.45) is 0 Å². The first-order valence-electron chi connectivity index (χ1n) is 7.67. The molecule has 0 radical (unpaired) electrons. The second kappa shape index (κ2) is 8.50. The van der Waals surface area contributed by atoms with Crippen molar-refractivity contribution < 1.29 is 9.32 Å². The third-order valence-electron chi connectivity index (χ3n) is 3.80. The summed E-state index contributed by atoms with van der Waals surface area (Å²) in [5.41, 5.74) is 0.733. The number of amides is 1. The lowest BCUT2D eigenvalue weighted by Gasteiger charge is -2.34. The highest BCUT2D eigenvalue weighted by molar-refractivity contribution is 7.98. The minimum atomic E-state index is 0. The molecule has 0 unspecified atom stereocenters. The number of carbonyl (C=O) groups excluding carboxylic acids is 1. The quantitative estimate of drug-likeness (QED) is 0.836. The van der Waals surface area contributed by atoms with Gasteiger partial charge in [0.15, 0.2) is 5.82 Å². The summed E-state index contributed by atoms with van der Waals surface area (Å²) in [7, 11) is 0. The smallest absolute Gasteiger partial charge is 0.254 e. The Labute approximate surface area is 151 Å². The van der Waals surface area contributed by atoms with Crippen LogP contribution >= 0.6 is 24.2 Å². The highest BCUT2D eigenvalue weighted by atomic mass is 35.5. The number of hydrogen-bond donors (Lipinski definition) is 1. The lowest BCUT2D eigenvalue weighted by atomic mass is 10.1. The van der Waals surface area contributed by atoms with Crippen molar-refractivity contribution in [1.29, 1.82) is 0 Å². The first kappa shape index (κ1) is 18.8. The number of aryl methyl sites for hydroxylation is 1. The van der Waals surface area contributed by atoms with Gasteiger partial charge in [-0.15, -0.1) is 24.2 Å². The van der Waals surface area contributed by atoms with Crippen molar-refractivity contribution >= 4 is 30.1 Å². The van der Waals surface area contributed by atoms with Crippen LogP contribution in [0, 0.1) is 6.92 Å². The van der Waals surface area contributed by atoms with Crippen molar-refractivity contribution in [3.05, 3.63) is 41.5 Å². The molecule has 130 valence electrons. The number of piperazine rings is 1. The van der Waals surface area contributed by atoms with E-state index in [2.05, 4.69) is 22.4 Å². The second-order valence-corrected chi connectivity index (χ2v) is 6.65. The van der Waals surface area contributed by atoms with Gasteiger partial charge >= 0.3 is 0 Å². The predicted molar refractivity (Wildman–Crippen MR) is 95.7 cm³/mol. The fraction of sp³-hybridized carbons (Fsp3) is 0.438. The Bertz CT molecular complexity index is 677. The van der Waals surface area contributed by atoms with E-state index in [-0.39, 0.29) is 24.4 Å². The number of aromatic nitrogens is 2. The van der Waals surface area contributed by atoms with Gasteiger partial charge in [0.1, 0.15) is 0 Å². The number of thioether (sulfide) groups is 1. The van der Waals surface area contributed by atoms with E-state index in [1.165, 1.54) is 0 Å². The molecule has 2 aromatic rings. The van der Waals surface area contributed by atoms with E-state index >= 15 is 0 Å². The minimum absolute atomic E-state index is 0. The number of benzene rings is 1. The SMILES string of the molecule is Cc1noc(CSc2ccc(C(=O)N3CCNC[C@@H]3C)cc2)n1.Cl. The largest absolute Gasteiger partial charge is 0.338 e. The molecule has 1 aliphatic heterocycles. The Morgan fingerprint density at radius 3 is 2.79 bits per heavy atom. The molecule has 1 aromatic carbocycles. The number of nitrogens with zero attached hydrogens (tertiary/aromatic N) is 3. The average molecular weight is 369 g/mol. The van der Waals surface area contributed by atoms with Crippen LogP contribution in [0.1, 0.15) is 29.0 Å². The van der Waals surface area contributed by atoms with Gasteiger partial charge in [-0.2, -0.15) is 4.98 Å². The lowest BCUT2D eigenvalue weighted by Crippen LogP contribution is -2.52. The number of carbonyl (C=O) groups is 1. The van der Waals surface area contributed by atoms with Gasteiger partial charge in [-0.1, -0.05) is 5.16 Å². The Kier molecular flexibility index (Phi) is 6.65. The number of hydrogen-bond acceptors (Lipinski definition) is 6. The van der Waals surface area contributed by atoms with Gasteiger partial charge in [0.05, 0.1) is 5.75 Å². The summed E-state index contributed by atoms with van der Waals surface area (Å²) in [5.74, 6) is 1.99. The zero-order chi connectivity index (χ0) is 16.2. The molecule has 2 heterocycles. The Balaban J connectivity index is 0.00000208. The van der Waals surface area contributed by atoms with E-state index in [1.54, 1.807) is 18.7 Å². The summed E-state index contributed by atoms with van der Waals surface area (Å²) in [6.45, 7) is 6.33. The minimum Gasteiger partial charge on any atom is -0.338 e. The van der Waals surface area contributed by atoms with Crippen molar-refractivity contribution in [3.8, 4) is 0 Å². The average Bonchev–Trinajstić information content (AvgIpc) is 2.99. The van der Waals surface area contributed by atoms with Gasteiger partial charge in [0.2, 0.25) is 5.89 Å². The number of rotatable bonds is 4. The van der Waals surface area contributed by atoms with Crippen molar-refractivity contribution in [2.75, 3.05) is 19.6 Å². The van der Waals surface area contributed by atoms with Gasteiger partial charge in [-0.05, 0) is 38.1 Å². The fourth-order valence-corrected chi connectivity index (χ4v) is 3.28. The standard InChI is InChI=1S/C16H20N4O2S.ClH/c1-11-9-17-7-8-20(11)16(21)13-3-5-14(6-4-13)23-10-15-18-12(2)19-22-15;/h3-6,11,17H,7-10H2,1-2H3;1H/t11-;/m0./s1. The van der Waals surface area contributed by atoms with Crippen molar-refractivity contribution in [2.45, 2.75) is 30.5 Å². The molecule has 24 heavy (non-hydrogen) atoms. The van der Waals surface area contributed by atoms with Crippen LogP contribution in [0.25, 0.3) is 0 Å². The summed E-state index contributed by atoms with van der Waals surface area (Å²) in [4.78, 5) is 19.7. The first-order chi connectivity index (χ1) is 11.1. The van der Waals surface area contributed by atoms with Gasteiger partial charge in [0, 0.05) is 36.1 Å². The lowest BCUT2D eigenvalue weighted by molar-refractivity contribution is 0.0655. The van der Waals surface area contributed by atoms with E-state index in [1.807, 2.05) is 29.2 Å². The Morgan fingerprint density at radius 1 is 1.42 bits per heavy atom. The monoisotopic (exact) mass is 368 g/mol. The van der Waals surface area contributed by atoms with Gasteiger partial charge in [-0.3, -0.25) is 4.79 Å².